The predicted molar refractivity (Wildman–Crippen MR) is 256 cm³/mol. The fourth-order valence-electron chi connectivity index (χ4n) is 10.8. The highest BCUT2D eigenvalue weighted by atomic mass is 15.0. The van der Waals surface area contributed by atoms with Crippen molar-refractivity contribution < 1.29 is 0 Å². The second-order valence-corrected chi connectivity index (χ2v) is 16.6. The van der Waals surface area contributed by atoms with E-state index in [-0.39, 0.29) is 6.04 Å². The van der Waals surface area contributed by atoms with E-state index in [9.17, 15) is 0 Å². The van der Waals surface area contributed by atoms with Crippen molar-refractivity contribution in [1.82, 2.24) is 9.13 Å². The Labute approximate surface area is 348 Å². The molecule has 0 spiro atoms. The molecule has 0 aliphatic heterocycles. The number of allylic oxidation sites excluding steroid dienone is 5. The largest absolute Gasteiger partial charge is 0.333 e. The average Bonchev–Trinajstić information content (AvgIpc) is 3.84. The standard InChI is InChI=1S/C58H40N2/c1-2-14-40(15-3-1)59-54-24-12-10-20-46(54)48-32-28-38(34-56(48)59)39-29-33-49-47-21-11-13-25-55(47)60(57(49)35-39)41-30-26-37(27-31-41)52-36-53-44-18-5-4-16-42(44)43-17-6-8-22-50(43)58(53)51-23-9-7-19-45(51)52/h1-4,6-14,16-17,19-36,40H,5,15,18H2. The van der Waals surface area contributed by atoms with Gasteiger partial charge in [-0.1, -0.05) is 158 Å². The van der Waals surface area contributed by atoms with E-state index < -0.39 is 0 Å². The SMILES string of the molecule is C1=CCC(n2c3ccccc3c3ccc(-c4ccc5c6ccccc6n(-c6ccc(-c7cc8c9c(c%10ccccc%10c8c8ccccc78)C=CCC9)cc6)c5c4)cc32)C=C1. The predicted octanol–water partition coefficient (Wildman–Crippen LogP) is 15.7. The molecule has 2 heterocycles. The number of hydrogen-bond acceptors (Lipinski definition) is 0. The van der Waals surface area contributed by atoms with E-state index in [4.69, 9.17) is 0 Å². The van der Waals surface area contributed by atoms with Gasteiger partial charge in [0.25, 0.3) is 0 Å². The van der Waals surface area contributed by atoms with Gasteiger partial charge in [0.2, 0.25) is 0 Å². The zero-order valence-electron chi connectivity index (χ0n) is 33.1. The number of aryl methyl sites for hydroxylation is 1. The summed E-state index contributed by atoms with van der Waals surface area (Å²) in [6.45, 7) is 0. The van der Waals surface area contributed by atoms with Crippen molar-refractivity contribution >= 4 is 82.0 Å². The molecule has 11 aromatic rings. The fraction of sp³-hybridized carbons (Fsp3) is 0.0690. The smallest absolute Gasteiger partial charge is 0.0560 e. The van der Waals surface area contributed by atoms with Crippen molar-refractivity contribution in [3.63, 3.8) is 0 Å². The Bertz CT molecular complexity index is 3680. The van der Waals surface area contributed by atoms with Gasteiger partial charge in [0.15, 0.2) is 0 Å². The third-order valence-electron chi connectivity index (χ3n) is 13.5. The lowest BCUT2D eigenvalue weighted by Crippen LogP contribution is -2.06. The topological polar surface area (TPSA) is 9.86 Å². The Morgan fingerprint density at radius 1 is 0.433 bits per heavy atom. The molecule has 1 unspecified atom stereocenters. The number of benzene rings is 9. The third kappa shape index (κ3) is 4.88. The Hall–Kier alpha value is -7.42. The normalized spacial score (nSPS) is 15.1. The Morgan fingerprint density at radius 2 is 1.03 bits per heavy atom. The molecule has 2 aliphatic rings. The minimum Gasteiger partial charge on any atom is -0.333 e. The number of para-hydroxylation sites is 2. The lowest BCUT2D eigenvalue weighted by atomic mass is 9.83. The first-order valence-corrected chi connectivity index (χ1v) is 21.3. The van der Waals surface area contributed by atoms with E-state index in [1.807, 2.05) is 0 Å². The van der Waals surface area contributed by atoms with Crippen molar-refractivity contribution in [1.29, 1.82) is 0 Å². The maximum Gasteiger partial charge on any atom is 0.0560 e. The highest BCUT2D eigenvalue weighted by Crippen LogP contribution is 2.44. The molecule has 2 heteroatoms. The van der Waals surface area contributed by atoms with Crippen LogP contribution < -0.4 is 0 Å². The van der Waals surface area contributed by atoms with E-state index in [0.29, 0.717) is 0 Å². The summed E-state index contributed by atoms with van der Waals surface area (Å²) >= 11 is 0. The van der Waals surface area contributed by atoms with Crippen LogP contribution in [0.25, 0.3) is 110 Å². The molecule has 0 fully saturated rings. The first-order chi connectivity index (χ1) is 29.8. The van der Waals surface area contributed by atoms with Crippen molar-refractivity contribution in [3.05, 3.63) is 205 Å². The maximum atomic E-state index is 2.54. The lowest BCUT2D eigenvalue weighted by molar-refractivity contribution is 0.648. The van der Waals surface area contributed by atoms with Crippen LogP contribution in [0.2, 0.25) is 0 Å². The summed E-state index contributed by atoms with van der Waals surface area (Å²) in [5.41, 5.74) is 14.0. The van der Waals surface area contributed by atoms with Crippen molar-refractivity contribution in [2.75, 3.05) is 0 Å². The molecule has 0 amide bonds. The summed E-state index contributed by atoms with van der Waals surface area (Å²) < 4.78 is 5.00. The summed E-state index contributed by atoms with van der Waals surface area (Å²) in [5, 5.41) is 13.2. The van der Waals surface area contributed by atoms with E-state index in [2.05, 4.69) is 209 Å². The molecule has 9 aromatic carbocycles. The van der Waals surface area contributed by atoms with Gasteiger partial charge >= 0.3 is 0 Å². The van der Waals surface area contributed by atoms with E-state index in [1.165, 1.54) is 109 Å². The molecule has 0 N–H and O–H groups in total. The Balaban J connectivity index is 0.973. The zero-order chi connectivity index (χ0) is 39.3. The molecule has 0 radical (unpaired) electrons. The van der Waals surface area contributed by atoms with Crippen molar-refractivity contribution in [2.24, 2.45) is 0 Å². The second kappa shape index (κ2) is 13.0. The summed E-state index contributed by atoms with van der Waals surface area (Å²) in [4.78, 5) is 0. The lowest BCUT2D eigenvalue weighted by Gasteiger charge is -2.21. The van der Waals surface area contributed by atoms with Crippen LogP contribution in [0.15, 0.2) is 194 Å². The van der Waals surface area contributed by atoms with Gasteiger partial charge in [0.1, 0.15) is 0 Å². The average molecular weight is 765 g/mol. The molecule has 0 saturated carbocycles. The molecule has 13 rings (SSSR count). The van der Waals surface area contributed by atoms with Crippen molar-refractivity contribution in [3.8, 4) is 27.9 Å². The maximum absolute atomic E-state index is 2.54. The molecular weight excluding hydrogens is 725 g/mol. The van der Waals surface area contributed by atoms with Gasteiger partial charge < -0.3 is 9.13 Å². The van der Waals surface area contributed by atoms with Gasteiger partial charge in [-0.05, 0) is 127 Å². The number of aromatic nitrogens is 2. The van der Waals surface area contributed by atoms with Gasteiger partial charge in [-0.15, -0.1) is 0 Å². The minimum absolute atomic E-state index is 0.288. The van der Waals surface area contributed by atoms with Crippen LogP contribution >= 0.6 is 0 Å². The summed E-state index contributed by atoms with van der Waals surface area (Å²) in [7, 11) is 0. The molecule has 282 valence electrons. The Morgan fingerprint density at radius 3 is 1.78 bits per heavy atom. The van der Waals surface area contributed by atoms with Crippen LogP contribution in [0.3, 0.4) is 0 Å². The molecule has 60 heavy (non-hydrogen) atoms. The van der Waals surface area contributed by atoms with Crippen LogP contribution in [0, 0.1) is 0 Å². The highest BCUT2D eigenvalue weighted by molar-refractivity contribution is 6.26. The van der Waals surface area contributed by atoms with Crippen LogP contribution in [0.4, 0.5) is 0 Å². The van der Waals surface area contributed by atoms with E-state index in [0.717, 1.165) is 24.9 Å². The van der Waals surface area contributed by atoms with E-state index >= 15 is 0 Å². The molecule has 0 saturated heterocycles. The number of hydrogen-bond donors (Lipinski definition) is 0. The van der Waals surface area contributed by atoms with E-state index in [1.54, 1.807) is 0 Å². The third-order valence-corrected chi connectivity index (χ3v) is 13.5. The quantitative estimate of drug-likeness (QED) is 0.158. The zero-order valence-corrected chi connectivity index (χ0v) is 33.1. The number of fused-ring (bicyclic) bond motifs is 14. The van der Waals surface area contributed by atoms with Crippen molar-refractivity contribution in [2.45, 2.75) is 25.3 Å². The van der Waals surface area contributed by atoms with Crippen LogP contribution in [-0.2, 0) is 6.42 Å². The monoisotopic (exact) mass is 764 g/mol. The molecule has 2 aliphatic carbocycles. The first kappa shape index (κ1) is 33.5. The Kier molecular flexibility index (Phi) is 7.29. The van der Waals surface area contributed by atoms with Gasteiger partial charge in [-0.2, -0.15) is 0 Å². The highest BCUT2D eigenvalue weighted by Gasteiger charge is 2.21. The van der Waals surface area contributed by atoms with Gasteiger partial charge in [0, 0.05) is 32.7 Å². The molecular formula is C58H40N2. The number of rotatable bonds is 4. The first-order valence-electron chi connectivity index (χ1n) is 21.3. The summed E-state index contributed by atoms with van der Waals surface area (Å²) in [5.74, 6) is 0. The fourth-order valence-corrected chi connectivity index (χ4v) is 10.8. The molecule has 1 atom stereocenters. The minimum atomic E-state index is 0.288. The molecule has 0 bridgehead atoms. The summed E-state index contributed by atoms with van der Waals surface area (Å²) in [6.07, 6.45) is 16.8. The van der Waals surface area contributed by atoms with Gasteiger partial charge in [-0.25, -0.2) is 0 Å². The summed E-state index contributed by atoms with van der Waals surface area (Å²) in [6, 6.07) is 61.9. The van der Waals surface area contributed by atoms with Gasteiger partial charge in [0.05, 0.1) is 22.6 Å². The van der Waals surface area contributed by atoms with Crippen LogP contribution in [0.5, 0.6) is 0 Å². The number of nitrogens with zero attached hydrogens (tertiary/aromatic N) is 2. The molecule has 2 nitrogen and oxygen atoms in total. The second-order valence-electron chi connectivity index (χ2n) is 16.6. The molecule has 2 aromatic heterocycles. The van der Waals surface area contributed by atoms with Crippen LogP contribution in [0.1, 0.15) is 30.0 Å². The van der Waals surface area contributed by atoms with Crippen LogP contribution in [-0.4, -0.2) is 9.13 Å². The van der Waals surface area contributed by atoms with Gasteiger partial charge in [-0.3, -0.25) is 0 Å².